The van der Waals surface area contributed by atoms with Crippen molar-refractivity contribution < 1.29 is 4.79 Å². The molecule has 2 unspecified atom stereocenters. The number of nitrogens with zero attached hydrogens (tertiary/aromatic N) is 1. The van der Waals surface area contributed by atoms with Gasteiger partial charge in [-0.2, -0.15) is 0 Å². The molecule has 1 saturated carbocycles. The number of anilines is 1. The van der Waals surface area contributed by atoms with Crippen molar-refractivity contribution >= 4 is 22.9 Å². The van der Waals surface area contributed by atoms with Crippen molar-refractivity contribution in [2.75, 3.05) is 12.8 Å². The largest absolute Gasteiger partial charge is 0.397 e. The molecule has 94 valence electrons. The molecule has 1 aliphatic rings. The maximum atomic E-state index is 12.3. The quantitative estimate of drug-likeness (QED) is 0.879. The second-order valence-electron chi connectivity index (χ2n) is 5.05. The lowest BCUT2D eigenvalue weighted by Crippen LogP contribution is -2.39. The van der Waals surface area contributed by atoms with E-state index in [1.54, 1.807) is 6.07 Å². The van der Waals surface area contributed by atoms with Gasteiger partial charge in [-0.1, -0.05) is 19.8 Å². The van der Waals surface area contributed by atoms with Gasteiger partial charge in [0.25, 0.3) is 5.91 Å². The van der Waals surface area contributed by atoms with Gasteiger partial charge in [0, 0.05) is 13.1 Å². The number of hydrogen-bond donors (Lipinski definition) is 1. The Hall–Kier alpha value is -1.03. The molecule has 0 bridgehead atoms. The predicted molar refractivity (Wildman–Crippen MR) is 72.2 cm³/mol. The van der Waals surface area contributed by atoms with E-state index >= 15 is 0 Å². The Morgan fingerprint density at radius 3 is 2.88 bits per heavy atom. The van der Waals surface area contributed by atoms with Crippen LogP contribution in [0.25, 0.3) is 0 Å². The topological polar surface area (TPSA) is 46.3 Å². The molecule has 1 amide bonds. The standard InChI is InChI=1S/C13H20N2OS/c1-9-4-3-5-10(8-9)15(2)13(16)12-11(14)6-7-17-12/h6-7,9-10H,3-5,8,14H2,1-2H3. The Bertz CT molecular complexity index is 402. The van der Waals surface area contributed by atoms with Gasteiger partial charge in [-0.15, -0.1) is 11.3 Å². The highest BCUT2D eigenvalue weighted by Gasteiger charge is 2.27. The van der Waals surface area contributed by atoms with Crippen molar-refractivity contribution in [3.05, 3.63) is 16.3 Å². The summed E-state index contributed by atoms with van der Waals surface area (Å²) in [6.45, 7) is 2.27. The van der Waals surface area contributed by atoms with E-state index < -0.39 is 0 Å². The first-order valence-electron chi connectivity index (χ1n) is 6.19. The molecule has 1 fully saturated rings. The molecule has 1 aliphatic carbocycles. The Balaban J connectivity index is 2.07. The van der Waals surface area contributed by atoms with E-state index in [0.29, 0.717) is 16.6 Å². The summed E-state index contributed by atoms with van der Waals surface area (Å²) in [5.74, 6) is 0.807. The highest BCUT2D eigenvalue weighted by atomic mass is 32.1. The van der Waals surface area contributed by atoms with Crippen molar-refractivity contribution in [1.82, 2.24) is 4.90 Å². The predicted octanol–water partition coefficient (Wildman–Crippen LogP) is 2.98. The van der Waals surface area contributed by atoms with E-state index in [2.05, 4.69) is 6.92 Å². The van der Waals surface area contributed by atoms with Crippen LogP contribution >= 0.6 is 11.3 Å². The fourth-order valence-corrected chi connectivity index (χ4v) is 3.37. The maximum absolute atomic E-state index is 12.3. The average molecular weight is 252 g/mol. The molecule has 0 aromatic carbocycles. The lowest BCUT2D eigenvalue weighted by molar-refractivity contribution is 0.0678. The van der Waals surface area contributed by atoms with Gasteiger partial charge in [0.15, 0.2) is 0 Å². The second-order valence-corrected chi connectivity index (χ2v) is 5.96. The van der Waals surface area contributed by atoms with Crippen molar-refractivity contribution in [2.24, 2.45) is 5.92 Å². The summed E-state index contributed by atoms with van der Waals surface area (Å²) in [5, 5.41) is 1.87. The number of amides is 1. The molecule has 2 atom stereocenters. The summed E-state index contributed by atoms with van der Waals surface area (Å²) in [7, 11) is 1.91. The lowest BCUT2D eigenvalue weighted by Gasteiger charge is -2.34. The molecule has 1 aromatic rings. The van der Waals surface area contributed by atoms with Crippen LogP contribution in [0.5, 0.6) is 0 Å². The zero-order valence-corrected chi connectivity index (χ0v) is 11.3. The second kappa shape index (κ2) is 5.08. The van der Waals surface area contributed by atoms with Gasteiger partial charge in [0.1, 0.15) is 4.88 Å². The zero-order chi connectivity index (χ0) is 12.4. The molecule has 17 heavy (non-hydrogen) atoms. The third kappa shape index (κ3) is 2.63. The third-order valence-electron chi connectivity index (χ3n) is 3.67. The van der Waals surface area contributed by atoms with E-state index in [1.807, 2.05) is 17.3 Å². The third-order valence-corrected chi connectivity index (χ3v) is 4.58. The number of carbonyl (C=O) groups excluding carboxylic acids is 1. The van der Waals surface area contributed by atoms with Crippen LogP contribution in [0.15, 0.2) is 11.4 Å². The summed E-state index contributed by atoms with van der Waals surface area (Å²) in [5.41, 5.74) is 6.41. The molecule has 1 aromatic heterocycles. The van der Waals surface area contributed by atoms with E-state index in [9.17, 15) is 4.79 Å². The number of nitrogen functional groups attached to an aromatic ring is 1. The Kier molecular flexibility index (Phi) is 3.72. The van der Waals surface area contributed by atoms with Gasteiger partial charge >= 0.3 is 0 Å². The van der Waals surface area contributed by atoms with E-state index in [0.717, 1.165) is 18.8 Å². The van der Waals surface area contributed by atoms with Gasteiger partial charge in [-0.05, 0) is 30.2 Å². The summed E-state index contributed by atoms with van der Waals surface area (Å²) in [4.78, 5) is 14.9. The lowest BCUT2D eigenvalue weighted by atomic mass is 9.86. The Morgan fingerprint density at radius 2 is 2.29 bits per heavy atom. The number of nitrogens with two attached hydrogens (primary N) is 1. The van der Waals surface area contributed by atoms with Crippen LogP contribution in [-0.4, -0.2) is 23.9 Å². The number of carbonyl (C=O) groups is 1. The maximum Gasteiger partial charge on any atom is 0.266 e. The van der Waals surface area contributed by atoms with E-state index in [1.165, 1.54) is 24.2 Å². The van der Waals surface area contributed by atoms with Crippen molar-refractivity contribution in [1.29, 1.82) is 0 Å². The van der Waals surface area contributed by atoms with Crippen LogP contribution < -0.4 is 5.73 Å². The summed E-state index contributed by atoms with van der Waals surface area (Å²) in [6.07, 6.45) is 4.76. The van der Waals surface area contributed by atoms with Crippen LogP contribution in [0.4, 0.5) is 5.69 Å². The van der Waals surface area contributed by atoms with Gasteiger partial charge < -0.3 is 10.6 Å². The van der Waals surface area contributed by atoms with Crippen LogP contribution in [0, 0.1) is 5.92 Å². The zero-order valence-electron chi connectivity index (χ0n) is 10.5. The Labute approximate surface area is 107 Å². The summed E-state index contributed by atoms with van der Waals surface area (Å²) >= 11 is 1.43. The normalized spacial score (nSPS) is 24.6. The number of hydrogen-bond acceptors (Lipinski definition) is 3. The van der Waals surface area contributed by atoms with Gasteiger partial charge in [0.2, 0.25) is 0 Å². The summed E-state index contributed by atoms with van der Waals surface area (Å²) < 4.78 is 0. The van der Waals surface area contributed by atoms with Gasteiger partial charge in [-0.3, -0.25) is 4.79 Å². The molecular formula is C13H20N2OS. The van der Waals surface area contributed by atoms with Crippen LogP contribution in [0.3, 0.4) is 0 Å². The molecule has 1 heterocycles. The minimum absolute atomic E-state index is 0.0802. The van der Waals surface area contributed by atoms with Crippen molar-refractivity contribution in [3.63, 3.8) is 0 Å². The van der Waals surface area contributed by atoms with Gasteiger partial charge in [0.05, 0.1) is 5.69 Å². The highest BCUT2D eigenvalue weighted by molar-refractivity contribution is 7.12. The molecule has 0 spiro atoms. The summed E-state index contributed by atoms with van der Waals surface area (Å²) in [6, 6.07) is 2.18. The SMILES string of the molecule is CC1CCCC(N(C)C(=O)c2sccc2N)C1. The highest BCUT2D eigenvalue weighted by Crippen LogP contribution is 2.29. The van der Waals surface area contributed by atoms with Crippen molar-refractivity contribution in [2.45, 2.75) is 38.6 Å². The first-order valence-corrected chi connectivity index (χ1v) is 7.07. The fourth-order valence-electron chi connectivity index (χ4n) is 2.57. The van der Waals surface area contributed by atoms with Crippen LogP contribution in [0.2, 0.25) is 0 Å². The fraction of sp³-hybridized carbons (Fsp3) is 0.615. The first-order chi connectivity index (χ1) is 8.09. The van der Waals surface area contributed by atoms with Crippen LogP contribution in [0.1, 0.15) is 42.3 Å². The Morgan fingerprint density at radius 1 is 1.53 bits per heavy atom. The molecule has 2 N–H and O–H groups in total. The van der Waals surface area contributed by atoms with E-state index in [4.69, 9.17) is 5.73 Å². The average Bonchev–Trinajstić information content (AvgIpc) is 2.73. The number of thiophene rings is 1. The molecule has 2 rings (SSSR count). The van der Waals surface area contributed by atoms with Crippen molar-refractivity contribution in [3.8, 4) is 0 Å². The molecular weight excluding hydrogens is 232 g/mol. The number of rotatable bonds is 2. The van der Waals surface area contributed by atoms with Crippen LogP contribution in [-0.2, 0) is 0 Å². The monoisotopic (exact) mass is 252 g/mol. The smallest absolute Gasteiger partial charge is 0.266 e. The molecule has 0 radical (unpaired) electrons. The van der Waals surface area contributed by atoms with E-state index in [-0.39, 0.29) is 5.91 Å². The first kappa shape index (κ1) is 12.4. The molecule has 0 saturated heterocycles. The van der Waals surface area contributed by atoms with Gasteiger partial charge in [-0.25, -0.2) is 0 Å². The molecule has 0 aliphatic heterocycles. The molecule has 3 nitrogen and oxygen atoms in total. The minimum atomic E-state index is 0.0802. The molecule has 4 heteroatoms. The minimum Gasteiger partial charge on any atom is -0.397 e.